The summed E-state index contributed by atoms with van der Waals surface area (Å²) in [5.74, 6) is 5.86. The maximum absolute atomic E-state index is 12.9. The number of hydroxylamine groups is 2. The lowest BCUT2D eigenvalue weighted by Gasteiger charge is -2.19. The fourth-order valence-corrected chi connectivity index (χ4v) is 2.33. The summed E-state index contributed by atoms with van der Waals surface area (Å²) in [5, 5.41) is 9.51. The number of nitrogens with zero attached hydrogens (tertiary/aromatic N) is 1. The van der Waals surface area contributed by atoms with Crippen LogP contribution >= 0.6 is 0 Å². The molecule has 1 aromatic rings. The predicted octanol–water partition coefficient (Wildman–Crippen LogP) is 2.31. The first kappa shape index (κ1) is 18.0. The molecule has 2 amide bonds. The number of carbonyl (C=O) groups is 1. The summed E-state index contributed by atoms with van der Waals surface area (Å²) in [7, 11) is 0. The maximum atomic E-state index is 12.9. The van der Waals surface area contributed by atoms with Crippen LogP contribution in [-0.2, 0) is 4.74 Å². The lowest BCUT2D eigenvalue weighted by Crippen LogP contribution is -2.33. The summed E-state index contributed by atoms with van der Waals surface area (Å²) in [6.07, 6.45) is 3.22. The average molecular weight is 336 g/mol. The topological polar surface area (TPSA) is 85.0 Å². The summed E-state index contributed by atoms with van der Waals surface area (Å²) in [6.45, 7) is 0.198. The molecule has 0 radical (unpaired) electrons. The predicted molar refractivity (Wildman–Crippen MR) is 84.9 cm³/mol. The zero-order chi connectivity index (χ0) is 17.4. The van der Waals surface area contributed by atoms with Crippen LogP contribution in [0.15, 0.2) is 24.3 Å². The van der Waals surface area contributed by atoms with Crippen LogP contribution in [0.4, 0.5) is 9.18 Å². The Bertz CT molecular complexity index is 597. The number of hydrogen-bond donors (Lipinski definition) is 2. The van der Waals surface area contributed by atoms with Gasteiger partial charge in [0, 0.05) is 0 Å². The Hall–Kier alpha value is -2.30. The number of benzene rings is 1. The Morgan fingerprint density at radius 3 is 2.79 bits per heavy atom. The Kier molecular flexibility index (Phi) is 6.85. The molecule has 1 aliphatic rings. The third-order valence-electron chi connectivity index (χ3n) is 3.59. The number of primary amides is 1. The van der Waals surface area contributed by atoms with Gasteiger partial charge in [0.05, 0.1) is 6.10 Å². The summed E-state index contributed by atoms with van der Waals surface area (Å²) in [6, 6.07) is 4.89. The van der Waals surface area contributed by atoms with Crippen molar-refractivity contribution in [1.82, 2.24) is 5.06 Å². The van der Waals surface area contributed by atoms with Gasteiger partial charge >= 0.3 is 6.03 Å². The Labute approximate surface area is 140 Å². The third-order valence-corrected chi connectivity index (χ3v) is 3.59. The normalized spacial score (nSPS) is 20.4. The Morgan fingerprint density at radius 2 is 2.08 bits per heavy atom. The van der Waals surface area contributed by atoms with Crippen molar-refractivity contribution in [2.24, 2.45) is 5.73 Å². The lowest BCUT2D eigenvalue weighted by molar-refractivity contribution is -0.0273. The van der Waals surface area contributed by atoms with Gasteiger partial charge in [-0.1, -0.05) is 18.3 Å². The molecule has 1 saturated heterocycles. The highest BCUT2D eigenvalue weighted by atomic mass is 19.1. The Balaban J connectivity index is 1.84. The highest BCUT2D eigenvalue weighted by Gasteiger charge is 2.19. The summed E-state index contributed by atoms with van der Waals surface area (Å²) in [4.78, 5) is 10.7. The van der Waals surface area contributed by atoms with Crippen molar-refractivity contribution >= 4 is 6.03 Å². The van der Waals surface area contributed by atoms with Gasteiger partial charge in [0.2, 0.25) is 0 Å². The van der Waals surface area contributed by atoms with E-state index in [2.05, 4.69) is 11.8 Å². The molecule has 1 aliphatic heterocycles. The van der Waals surface area contributed by atoms with Crippen LogP contribution in [-0.4, -0.2) is 41.7 Å². The van der Waals surface area contributed by atoms with Crippen molar-refractivity contribution in [2.45, 2.75) is 37.9 Å². The molecule has 0 aliphatic carbocycles. The van der Waals surface area contributed by atoms with E-state index < -0.39 is 6.03 Å². The number of urea groups is 1. The number of hydrogen-bond acceptors (Lipinski definition) is 4. The van der Waals surface area contributed by atoms with Crippen molar-refractivity contribution in [3.05, 3.63) is 30.1 Å². The molecule has 0 aromatic heterocycles. The summed E-state index contributed by atoms with van der Waals surface area (Å²) < 4.78 is 24.4. The largest absolute Gasteiger partial charge is 0.491 e. The SMILES string of the molecule is NC(=O)N(O)CC#C[C@@H]1CCCC[C@@H](COc2ccc(F)cc2)O1. The molecular formula is C17H21FN2O4. The molecule has 1 heterocycles. The molecule has 130 valence electrons. The summed E-state index contributed by atoms with van der Waals surface area (Å²) in [5.41, 5.74) is 4.90. The van der Waals surface area contributed by atoms with Crippen molar-refractivity contribution in [1.29, 1.82) is 0 Å². The van der Waals surface area contributed by atoms with Gasteiger partial charge in [0.1, 0.15) is 30.8 Å². The molecule has 2 rings (SSSR count). The zero-order valence-electron chi connectivity index (χ0n) is 13.3. The van der Waals surface area contributed by atoms with Crippen molar-refractivity contribution in [3.8, 4) is 17.6 Å². The molecule has 2 atom stereocenters. The molecule has 0 spiro atoms. The van der Waals surface area contributed by atoms with E-state index in [0.29, 0.717) is 17.4 Å². The first-order valence-corrected chi connectivity index (χ1v) is 7.82. The molecule has 1 aromatic carbocycles. The minimum Gasteiger partial charge on any atom is -0.491 e. The number of amides is 2. The molecular weight excluding hydrogens is 315 g/mol. The minimum atomic E-state index is -0.948. The van der Waals surface area contributed by atoms with E-state index in [-0.39, 0.29) is 24.6 Å². The monoisotopic (exact) mass is 336 g/mol. The zero-order valence-corrected chi connectivity index (χ0v) is 13.3. The number of carbonyl (C=O) groups excluding carboxylic acids is 1. The highest BCUT2D eigenvalue weighted by molar-refractivity contribution is 5.70. The fraction of sp³-hybridized carbons (Fsp3) is 0.471. The highest BCUT2D eigenvalue weighted by Crippen LogP contribution is 2.20. The number of ether oxygens (including phenoxy) is 2. The smallest absolute Gasteiger partial charge is 0.339 e. The number of halogens is 1. The number of rotatable bonds is 4. The quantitative estimate of drug-likeness (QED) is 0.502. The van der Waals surface area contributed by atoms with Crippen LogP contribution in [0, 0.1) is 17.7 Å². The van der Waals surface area contributed by atoms with E-state index in [0.717, 1.165) is 25.7 Å². The van der Waals surface area contributed by atoms with Gasteiger partial charge < -0.3 is 15.2 Å². The van der Waals surface area contributed by atoms with E-state index in [1.165, 1.54) is 12.1 Å². The van der Waals surface area contributed by atoms with E-state index in [9.17, 15) is 9.18 Å². The molecule has 1 fully saturated rings. The third kappa shape index (κ3) is 6.07. The van der Waals surface area contributed by atoms with Crippen LogP contribution in [0.25, 0.3) is 0 Å². The second-order valence-corrected chi connectivity index (χ2v) is 5.51. The molecule has 0 bridgehead atoms. The van der Waals surface area contributed by atoms with Crippen LogP contribution < -0.4 is 10.5 Å². The first-order chi connectivity index (χ1) is 11.5. The molecule has 7 heteroatoms. The Morgan fingerprint density at radius 1 is 1.38 bits per heavy atom. The lowest BCUT2D eigenvalue weighted by atomic mass is 10.1. The van der Waals surface area contributed by atoms with Crippen molar-refractivity contribution in [2.75, 3.05) is 13.2 Å². The van der Waals surface area contributed by atoms with E-state index in [1.54, 1.807) is 12.1 Å². The van der Waals surface area contributed by atoms with Gasteiger partial charge in [-0.25, -0.2) is 9.18 Å². The first-order valence-electron chi connectivity index (χ1n) is 7.82. The standard InChI is InChI=1S/C17H21FN2O4/c18-13-7-9-14(10-8-13)23-12-16-5-2-1-4-15(24-16)6-3-11-20(22)17(19)21/h7-10,15-16,22H,1-2,4-5,11-12H2,(H2,19,21)/t15-,16-/m0/s1. The van der Waals surface area contributed by atoms with Gasteiger partial charge in [-0.3, -0.25) is 5.21 Å². The average Bonchev–Trinajstić information content (AvgIpc) is 2.79. The van der Waals surface area contributed by atoms with Gasteiger partial charge in [-0.15, -0.1) is 0 Å². The van der Waals surface area contributed by atoms with E-state index >= 15 is 0 Å². The van der Waals surface area contributed by atoms with Crippen molar-refractivity contribution < 1.29 is 23.9 Å². The fourth-order valence-electron chi connectivity index (χ4n) is 2.33. The second kappa shape index (κ2) is 9.11. The van der Waals surface area contributed by atoms with Crippen LogP contribution in [0.1, 0.15) is 25.7 Å². The minimum absolute atomic E-state index is 0.113. The maximum Gasteiger partial charge on any atom is 0.339 e. The van der Waals surface area contributed by atoms with Crippen LogP contribution in [0.3, 0.4) is 0 Å². The van der Waals surface area contributed by atoms with E-state index in [4.69, 9.17) is 20.4 Å². The van der Waals surface area contributed by atoms with Gasteiger partial charge in [0.15, 0.2) is 0 Å². The van der Waals surface area contributed by atoms with Gasteiger partial charge in [0.25, 0.3) is 0 Å². The van der Waals surface area contributed by atoms with Gasteiger partial charge in [-0.2, -0.15) is 5.06 Å². The van der Waals surface area contributed by atoms with E-state index in [1.807, 2.05) is 0 Å². The molecule has 6 nitrogen and oxygen atoms in total. The molecule has 24 heavy (non-hydrogen) atoms. The van der Waals surface area contributed by atoms with Crippen LogP contribution in [0.5, 0.6) is 5.75 Å². The molecule has 0 unspecified atom stereocenters. The van der Waals surface area contributed by atoms with Crippen molar-refractivity contribution in [3.63, 3.8) is 0 Å². The number of nitrogens with two attached hydrogens (primary N) is 1. The second-order valence-electron chi connectivity index (χ2n) is 5.51. The van der Waals surface area contributed by atoms with Gasteiger partial charge in [-0.05, 0) is 43.5 Å². The molecule has 0 saturated carbocycles. The summed E-state index contributed by atoms with van der Waals surface area (Å²) >= 11 is 0. The molecule has 3 N–H and O–H groups in total. The van der Waals surface area contributed by atoms with Crippen LogP contribution in [0.2, 0.25) is 0 Å².